The van der Waals surface area contributed by atoms with Crippen molar-refractivity contribution in [2.24, 2.45) is 0 Å². The molecule has 5 nitrogen and oxygen atoms in total. The molecular weight excluding hydrogens is 562 g/mol. The Morgan fingerprint density at radius 2 is 1.50 bits per heavy atom. The van der Waals surface area contributed by atoms with Gasteiger partial charge in [0, 0.05) is 26.2 Å². The van der Waals surface area contributed by atoms with Crippen molar-refractivity contribution in [2.75, 3.05) is 0 Å². The third-order valence-corrected chi connectivity index (χ3v) is 7.96. The molecule has 192 valence electrons. The van der Waals surface area contributed by atoms with Crippen LogP contribution < -0.4 is 0 Å². The molecule has 0 N–H and O–H groups in total. The smallest absolute Gasteiger partial charge is 0.268 e. The van der Waals surface area contributed by atoms with Crippen LogP contribution in [-0.2, 0) is 11.8 Å². The van der Waals surface area contributed by atoms with Crippen molar-refractivity contribution in [3.63, 3.8) is 0 Å². The Balaban J connectivity index is 1.52. The molecule has 1 fully saturated rings. The Bertz CT molecular complexity index is 1620. The van der Waals surface area contributed by atoms with Crippen LogP contribution in [0.4, 0.5) is 0 Å². The van der Waals surface area contributed by atoms with E-state index in [1.807, 2.05) is 59.3 Å². The lowest BCUT2D eigenvalue weighted by Gasteiger charge is -2.12. The molecule has 0 radical (unpaired) electrons. The summed E-state index contributed by atoms with van der Waals surface area (Å²) in [5.41, 5.74) is 4.99. The normalized spacial score (nSPS) is 14.1. The standard InChI is InChI=1S/C29H22Cl4N4O/c1-2-3-22-25(27-34-35-28(38-27)29(14-15-29)18-6-10-20(31)11-7-18)36-37(24-13-12-21(32)16-23(24)33)26(22)17-4-8-19(30)9-5-17/h4-13,16H,2-3,14-15H2,1H3. The van der Waals surface area contributed by atoms with Crippen molar-refractivity contribution in [3.05, 3.63) is 104 Å². The predicted molar refractivity (Wildman–Crippen MR) is 153 cm³/mol. The number of halogens is 4. The van der Waals surface area contributed by atoms with Gasteiger partial charge in [0.25, 0.3) is 5.89 Å². The lowest BCUT2D eigenvalue weighted by atomic mass is 9.96. The van der Waals surface area contributed by atoms with Crippen LogP contribution in [0.5, 0.6) is 0 Å². The van der Waals surface area contributed by atoms with Crippen LogP contribution in [0.25, 0.3) is 28.5 Å². The van der Waals surface area contributed by atoms with Crippen LogP contribution in [0.2, 0.25) is 20.1 Å². The number of benzene rings is 3. The Hall–Kier alpha value is -2.83. The summed E-state index contributed by atoms with van der Waals surface area (Å²) in [7, 11) is 0. The average Bonchev–Trinajstić information content (AvgIpc) is 3.41. The molecule has 1 aliphatic carbocycles. The third-order valence-electron chi connectivity index (χ3n) is 6.92. The van der Waals surface area contributed by atoms with E-state index >= 15 is 0 Å². The maximum absolute atomic E-state index is 6.66. The molecule has 0 atom stereocenters. The van der Waals surface area contributed by atoms with Crippen LogP contribution in [0.3, 0.4) is 0 Å². The predicted octanol–water partition coefficient (Wildman–Crippen LogP) is 9.24. The SMILES string of the molecule is CCCc1c(-c2nnc(C3(c4ccc(Cl)cc4)CC3)o2)nn(-c2ccc(Cl)cc2Cl)c1-c1ccc(Cl)cc1. The molecule has 38 heavy (non-hydrogen) atoms. The second-order valence-electron chi connectivity index (χ2n) is 9.44. The number of aromatic nitrogens is 4. The van der Waals surface area contributed by atoms with Gasteiger partial charge in [0.1, 0.15) is 0 Å². The molecule has 6 rings (SSSR count). The number of rotatable bonds is 7. The molecule has 0 spiro atoms. The first-order chi connectivity index (χ1) is 18.4. The van der Waals surface area contributed by atoms with Gasteiger partial charge in [-0.15, -0.1) is 10.2 Å². The number of hydrogen-bond acceptors (Lipinski definition) is 4. The molecule has 0 bridgehead atoms. The molecule has 5 aromatic rings. The van der Waals surface area contributed by atoms with E-state index in [1.54, 1.807) is 12.1 Å². The van der Waals surface area contributed by atoms with Gasteiger partial charge in [0.05, 0.1) is 21.8 Å². The van der Waals surface area contributed by atoms with Crippen LogP contribution in [0.15, 0.2) is 71.1 Å². The van der Waals surface area contributed by atoms with Gasteiger partial charge in [-0.05, 0) is 67.3 Å². The van der Waals surface area contributed by atoms with Gasteiger partial charge in [0.2, 0.25) is 5.89 Å². The lowest BCUT2D eigenvalue weighted by Crippen LogP contribution is -2.08. The van der Waals surface area contributed by atoms with E-state index in [4.69, 9.17) is 55.9 Å². The molecular formula is C29H22Cl4N4O. The van der Waals surface area contributed by atoms with Crippen molar-refractivity contribution in [1.82, 2.24) is 20.0 Å². The van der Waals surface area contributed by atoms with Gasteiger partial charge in [-0.1, -0.05) is 84.0 Å². The average molecular weight is 584 g/mol. The highest BCUT2D eigenvalue weighted by molar-refractivity contribution is 6.35. The van der Waals surface area contributed by atoms with Crippen molar-refractivity contribution in [3.8, 4) is 28.5 Å². The zero-order valence-corrected chi connectivity index (χ0v) is 23.4. The zero-order valence-electron chi connectivity index (χ0n) is 20.4. The first-order valence-corrected chi connectivity index (χ1v) is 13.8. The first-order valence-electron chi connectivity index (χ1n) is 12.3. The topological polar surface area (TPSA) is 56.7 Å². The number of nitrogens with zero attached hydrogens (tertiary/aromatic N) is 4. The summed E-state index contributed by atoms with van der Waals surface area (Å²) in [5.74, 6) is 0.965. The third kappa shape index (κ3) is 4.52. The van der Waals surface area contributed by atoms with E-state index in [0.717, 1.165) is 48.1 Å². The summed E-state index contributed by atoms with van der Waals surface area (Å²) in [6.07, 6.45) is 3.51. The van der Waals surface area contributed by atoms with E-state index in [-0.39, 0.29) is 5.41 Å². The van der Waals surface area contributed by atoms with Crippen LogP contribution in [0.1, 0.15) is 43.2 Å². The van der Waals surface area contributed by atoms with Crippen LogP contribution in [0, 0.1) is 0 Å². The summed E-state index contributed by atoms with van der Waals surface area (Å²) in [5, 5.41) is 16.3. The minimum Gasteiger partial charge on any atom is -0.418 e. The Labute approximate surface area is 240 Å². The van der Waals surface area contributed by atoms with Gasteiger partial charge in [0.15, 0.2) is 5.69 Å². The minimum atomic E-state index is -0.290. The molecule has 9 heteroatoms. The highest BCUT2D eigenvalue weighted by Crippen LogP contribution is 2.53. The maximum Gasteiger partial charge on any atom is 0.268 e. The first kappa shape index (κ1) is 25.4. The Morgan fingerprint density at radius 3 is 2.13 bits per heavy atom. The van der Waals surface area contributed by atoms with Gasteiger partial charge in [-0.2, -0.15) is 5.10 Å². The zero-order chi connectivity index (χ0) is 26.4. The van der Waals surface area contributed by atoms with E-state index in [2.05, 4.69) is 17.1 Å². The van der Waals surface area contributed by atoms with E-state index in [0.29, 0.717) is 43.3 Å². The fourth-order valence-corrected chi connectivity index (χ4v) is 5.61. The molecule has 2 heterocycles. The van der Waals surface area contributed by atoms with Crippen LogP contribution in [-0.4, -0.2) is 20.0 Å². The molecule has 2 aromatic heterocycles. The Morgan fingerprint density at radius 1 is 0.842 bits per heavy atom. The minimum absolute atomic E-state index is 0.290. The fraction of sp³-hybridized carbons (Fsp3) is 0.207. The van der Waals surface area contributed by atoms with E-state index < -0.39 is 0 Å². The van der Waals surface area contributed by atoms with Crippen molar-refractivity contribution >= 4 is 46.4 Å². The van der Waals surface area contributed by atoms with E-state index in [1.165, 1.54) is 0 Å². The lowest BCUT2D eigenvalue weighted by molar-refractivity contribution is 0.470. The summed E-state index contributed by atoms with van der Waals surface area (Å²) in [6, 6.07) is 20.9. The number of hydrogen-bond donors (Lipinski definition) is 0. The molecule has 0 aliphatic heterocycles. The monoisotopic (exact) mass is 582 g/mol. The molecule has 3 aromatic carbocycles. The van der Waals surface area contributed by atoms with Gasteiger partial charge >= 0.3 is 0 Å². The molecule has 0 unspecified atom stereocenters. The fourth-order valence-electron chi connectivity index (χ4n) is 4.87. The quantitative estimate of drug-likeness (QED) is 0.191. The molecule has 0 amide bonds. The summed E-state index contributed by atoms with van der Waals surface area (Å²) in [6.45, 7) is 2.13. The van der Waals surface area contributed by atoms with Crippen LogP contribution >= 0.6 is 46.4 Å². The second kappa shape index (κ2) is 10.0. The van der Waals surface area contributed by atoms with Gasteiger partial charge in [-0.3, -0.25) is 0 Å². The highest BCUT2D eigenvalue weighted by Gasteiger charge is 2.51. The van der Waals surface area contributed by atoms with Crippen molar-refractivity contribution in [2.45, 2.75) is 38.0 Å². The highest BCUT2D eigenvalue weighted by atomic mass is 35.5. The summed E-state index contributed by atoms with van der Waals surface area (Å²) in [4.78, 5) is 0. The summed E-state index contributed by atoms with van der Waals surface area (Å²) >= 11 is 25.2. The van der Waals surface area contributed by atoms with Crippen molar-refractivity contribution in [1.29, 1.82) is 0 Å². The van der Waals surface area contributed by atoms with Gasteiger partial charge < -0.3 is 4.42 Å². The Kier molecular flexibility index (Phi) is 6.73. The van der Waals surface area contributed by atoms with Crippen molar-refractivity contribution < 1.29 is 4.42 Å². The largest absolute Gasteiger partial charge is 0.418 e. The van der Waals surface area contributed by atoms with Gasteiger partial charge in [-0.25, -0.2) is 4.68 Å². The summed E-state index contributed by atoms with van der Waals surface area (Å²) < 4.78 is 8.20. The molecule has 0 saturated heterocycles. The maximum atomic E-state index is 6.66. The molecule has 1 saturated carbocycles. The second-order valence-corrected chi connectivity index (χ2v) is 11.2. The molecule has 1 aliphatic rings. The van der Waals surface area contributed by atoms with E-state index in [9.17, 15) is 0 Å².